The fraction of sp³-hybridized carbons (Fsp3) is 0.467. The number of hydrogen-bond donors (Lipinski definition) is 0. The Morgan fingerprint density at radius 2 is 0.725 bits per heavy atom. The van der Waals surface area contributed by atoms with Crippen LogP contribution in [0.5, 0.6) is 0 Å². The number of ketones is 2. The van der Waals surface area contributed by atoms with Gasteiger partial charge < -0.3 is 0 Å². The van der Waals surface area contributed by atoms with E-state index in [2.05, 4.69) is 114 Å². The molecular weight excluding hydrogens is 1360 g/mol. The van der Waals surface area contributed by atoms with Crippen LogP contribution in [0.2, 0.25) is 0 Å². The molecule has 4 unspecified atom stereocenters. The van der Waals surface area contributed by atoms with Crippen molar-refractivity contribution in [2.75, 3.05) is 0 Å². The van der Waals surface area contributed by atoms with E-state index in [1.807, 2.05) is 93.9 Å². The van der Waals surface area contributed by atoms with Crippen molar-refractivity contribution in [3.63, 3.8) is 0 Å². The van der Waals surface area contributed by atoms with Crippen LogP contribution < -0.4 is 0 Å². The average Bonchev–Trinajstić information content (AvgIpc) is 1.56. The number of aryl methyl sites for hydroxylation is 2. The first-order valence-corrected chi connectivity index (χ1v) is 43.8. The molecule has 11 rings (SSSR count). The second-order valence-corrected chi connectivity index (χ2v) is 35.4. The van der Waals surface area contributed by atoms with Crippen LogP contribution in [0.15, 0.2) is 108 Å². The predicted molar refractivity (Wildman–Crippen MR) is 439 cm³/mol. The molecule has 0 spiro atoms. The normalized spacial score (nSPS) is 14.7. The highest BCUT2D eigenvalue weighted by Crippen LogP contribution is 2.58. The van der Waals surface area contributed by atoms with Gasteiger partial charge in [0.1, 0.15) is 35.4 Å². The van der Waals surface area contributed by atoms with Crippen molar-refractivity contribution < 1.29 is 9.59 Å². The standard InChI is InChI=1S/C90H102N4O2S6/c1-7-13-17-19-21-23-25-27-29-31-39-65-45-47-73(97-65)81-71-53-77(87-61(49-59(11-5)37-15-9-3)51-75(99-87)83-79(63(55-91)56-92)67-41-33-35-43-69(67)85(83)95)102-90(71)82(74-48-46-66(98-74)40-32-30-28-26-24-22-20-18-14-8-2)72-54-78(101-89(72)81)88-62(50-60(12-6)38-16-10-4)52-76(100-88)84-80(64(57-93)58-94)68-42-34-36-44-70(68)86(84)96/h33-36,41-48,51-54,59-60,83-84H,7-32,37-40,49-50H2,1-6H3. The third kappa shape index (κ3) is 17.4. The molecule has 0 aliphatic heterocycles. The largest absolute Gasteiger partial charge is 0.293 e. The molecule has 0 bridgehead atoms. The Bertz CT molecular complexity index is 4240. The number of nitriles is 4. The van der Waals surface area contributed by atoms with Gasteiger partial charge in [0.2, 0.25) is 0 Å². The lowest BCUT2D eigenvalue weighted by molar-refractivity contribution is 0.0979. The predicted octanol–water partition coefficient (Wildman–Crippen LogP) is 29.0. The van der Waals surface area contributed by atoms with E-state index in [1.165, 1.54) is 197 Å². The minimum atomic E-state index is -0.763. The van der Waals surface area contributed by atoms with E-state index in [9.17, 15) is 30.6 Å². The highest BCUT2D eigenvalue weighted by atomic mass is 32.1. The second-order valence-electron chi connectivity index (χ2n) is 28.8. The minimum Gasteiger partial charge on any atom is -0.293 e. The van der Waals surface area contributed by atoms with E-state index in [0.717, 1.165) is 99.6 Å². The van der Waals surface area contributed by atoms with Crippen LogP contribution in [0.25, 0.3) is 71.7 Å². The van der Waals surface area contributed by atoms with Gasteiger partial charge in [0.15, 0.2) is 11.6 Å². The Kier molecular flexibility index (Phi) is 28.2. The summed E-state index contributed by atoms with van der Waals surface area (Å²) in [5.41, 5.74) is 8.46. The van der Waals surface area contributed by atoms with E-state index in [4.69, 9.17) is 0 Å². The van der Waals surface area contributed by atoms with Crippen molar-refractivity contribution >= 4 is 111 Å². The van der Waals surface area contributed by atoms with E-state index in [-0.39, 0.29) is 22.7 Å². The van der Waals surface area contributed by atoms with E-state index in [1.54, 1.807) is 22.7 Å². The minimum absolute atomic E-state index is 0.00869. The SMILES string of the molecule is CCCCCCCCCCCCc1ccc(-c2c3cc(-c4sc(C5C(=O)c6ccccc6C5=C(C#N)C#N)cc4CC(CC)CCCC)sc3c(-c3ccc(CCCCCCCCCCCC)s3)c3cc(-c4sc(C5C(=O)c6ccccc6C5=C(C#N)C#N)cc4CC(CC)CCCC)sc23)s1. The molecule has 4 atom stereocenters. The van der Waals surface area contributed by atoms with Gasteiger partial charge in [0.25, 0.3) is 0 Å². The summed E-state index contributed by atoms with van der Waals surface area (Å²) < 4.78 is 2.49. The molecule has 6 nitrogen and oxygen atoms in total. The van der Waals surface area contributed by atoms with Crippen molar-refractivity contribution in [3.05, 3.63) is 161 Å². The lowest BCUT2D eigenvalue weighted by atomic mass is 9.89. The molecule has 0 N–H and O–H groups in total. The van der Waals surface area contributed by atoms with Crippen LogP contribution in [0.3, 0.4) is 0 Å². The average molecular weight is 1460 g/mol. The summed E-state index contributed by atoms with van der Waals surface area (Å²) in [6.45, 7) is 13.7. The molecule has 0 saturated carbocycles. The Labute approximate surface area is 632 Å². The number of carbonyl (C=O) groups excluding carboxylic acids is 2. The molecule has 2 aliphatic carbocycles. The van der Waals surface area contributed by atoms with Gasteiger partial charge in [-0.15, -0.1) is 68.0 Å². The molecule has 6 heterocycles. The highest BCUT2D eigenvalue weighted by Gasteiger charge is 2.42. The summed E-state index contributed by atoms with van der Waals surface area (Å²) in [6.07, 6.45) is 38.5. The van der Waals surface area contributed by atoms with Gasteiger partial charge in [0.05, 0.1) is 11.8 Å². The molecule has 0 saturated heterocycles. The maximum Gasteiger partial charge on any atom is 0.176 e. The lowest BCUT2D eigenvalue weighted by Crippen LogP contribution is -2.06. The molecule has 9 aromatic rings. The molecule has 102 heavy (non-hydrogen) atoms. The van der Waals surface area contributed by atoms with Crippen molar-refractivity contribution in [3.8, 4) is 64.7 Å². The number of nitrogens with zero attached hydrogens (tertiary/aromatic N) is 4. The Morgan fingerprint density at radius 1 is 0.382 bits per heavy atom. The number of rotatable bonds is 40. The van der Waals surface area contributed by atoms with E-state index >= 15 is 0 Å². The van der Waals surface area contributed by atoms with Gasteiger partial charge in [-0.2, -0.15) is 21.0 Å². The number of fused-ring (bicyclic) bond motifs is 4. The van der Waals surface area contributed by atoms with Crippen LogP contribution >= 0.6 is 68.0 Å². The summed E-state index contributed by atoms with van der Waals surface area (Å²) in [5.74, 6) is -0.784. The zero-order valence-corrected chi connectivity index (χ0v) is 66.1. The van der Waals surface area contributed by atoms with Crippen LogP contribution in [-0.4, -0.2) is 11.6 Å². The Balaban J connectivity index is 1.11. The molecule has 0 fully saturated rings. The maximum atomic E-state index is 15.0. The fourth-order valence-corrected chi connectivity index (χ4v) is 23.6. The second kappa shape index (κ2) is 37.7. The van der Waals surface area contributed by atoms with Crippen molar-refractivity contribution in [1.82, 2.24) is 0 Å². The molecular formula is C90H102N4O2S6. The van der Waals surface area contributed by atoms with Gasteiger partial charge >= 0.3 is 0 Å². The Hall–Kier alpha value is -6.84. The topological polar surface area (TPSA) is 129 Å². The summed E-state index contributed by atoms with van der Waals surface area (Å²) in [6, 6.07) is 43.0. The molecule has 12 heteroatoms. The van der Waals surface area contributed by atoms with Crippen LogP contribution in [0.1, 0.15) is 296 Å². The number of hydrogen-bond acceptors (Lipinski definition) is 12. The molecule has 3 aromatic carbocycles. The third-order valence-electron chi connectivity index (χ3n) is 21.7. The number of Topliss-reactive ketones (excluding diaryl/α,β-unsaturated/α-hetero) is 2. The summed E-state index contributed by atoms with van der Waals surface area (Å²) in [4.78, 5) is 41.7. The van der Waals surface area contributed by atoms with Crippen molar-refractivity contribution in [2.45, 2.75) is 259 Å². The van der Waals surface area contributed by atoms with Gasteiger partial charge in [-0.1, -0.05) is 257 Å². The highest BCUT2D eigenvalue weighted by molar-refractivity contribution is 7.29. The zero-order valence-electron chi connectivity index (χ0n) is 61.2. The van der Waals surface area contributed by atoms with Gasteiger partial charge in [-0.25, -0.2) is 0 Å². The first-order valence-electron chi connectivity index (χ1n) is 38.9. The summed E-state index contributed by atoms with van der Waals surface area (Å²) in [7, 11) is 0. The fourth-order valence-electron chi connectivity index (χ4n) is 15.9. The molecule has 0 amide bonds. The molecule has 0 radical (unpaired) electrons. The van der Waals surface area contributed by atoms with Crippen LogP contribution in [0.4, 0.5) is 0 Å². The van der Waals surface area contributed by atoms with E-state index < -0.39 is 11.8 Å². The number of carbonyl (C=O) groups is 2. The first kappa shape index (κ1) is 76.3. The number of unbranched alkanes of at least 4 members (excludes halogenated alkanes) is 20. The monoisotopic (exact) mass is 1460 g/mol. The van der Waals surface area contributed by atoms with Gasteiger partial charge in [0, 0.05) is 102 Å². The van der Waals surface area contributed by atoms with Gasteiger partial charge in [-0.05, 0) is 121 Å². The lowest BCUT2D eigenvalue weighted by Gasteiger charge is -2.14. The van der Waals surface area contributed by atoms with Crippen molar-refractivity contribution in [1.29, 1.82) is 21.0 Å². The third-order valence-corrected chi connectivity index (χ3v) is 29.1. The summed E-state index contributed by atoms with van der Waals surface area (Å²) in [5, 5.41) is 44.7. The smallest absolute Gasteiger partial charge is 0.176 e. The van der Waals surface area contributed by atoms with Crippen molar-refractivity contribution in [2.24, 2.45) is 11.8 Å². The van der Waals surface area contributed by atoms with E-state index in [0.29, 0.717) is 45.2 Å². The molecule has 6 aromatic heterocycles. The Morgan fingerprint density at radius 3 is 1.07 bits per heavy atom. The quantitative estimate of drug-likeness (QED) is 0.0278. The van der Waals surface area contributed by atoms with Crippen LogP contribution in [0, 0.1) is 57.2 Å². The van der Waals surface area contributed by atoms with Gasteiger partial charge in [-0.3, -0.25) is 9.59 Å². The first-order chi connectivity index (χ1) is 50.0. The number of benzene rings is 3. The maximum absolute atomic E-state index is 15.0. The molecule has 2 aliphatic rings. The molecule has 530 valence electrons. The zero-order chi connectivity index (χ0) is 71.5. The van der Waals surface area contributed by atoms with Crippen LogP contribution in [-0.2, 0) is 25.7 Å². The number of thiophene rings is 6. The number of allylic oxidation sites excluding steroid dienone is 4. The summed E-state index contributed by atoms with van der Waals surface area (Å²) >= 11 is 11.0.